The molecule has 1 aliphatic rings. The number of rotatable bonds is 4. The van der Waals surface area contributed by atoms with Crippen LogP contribution in [0.2, 0.25) is 0 Å². The number of aliphatic hydroxyl groups is 1. The van der Waals surface area contributed by atoms with Gasteiger partial charge in [-0.2, -0.15) is 0 Å². The summed E-state index contributed by atoms with van der Waals surface area (Å²) in [5, 5.41) is 10.6. The Morgan fingerprint density at radius 2 is 1.84 bits per heavy atom. The third kappa shape index (κ3) is 2.73. The lowest BCUT2D eigenvalue weighted by Gasteiger charge is -2.34. The molecule has 0 spiro atoms. The number of fused-ring (bicyclic) bond motifs is 1. The second kappa shape index (κ2) is 5.21. The highest BCUT2D eigenvalue weighted by Crippen LogP contribution is 2.40. The lowest BCUT2D eigenvalue weighted by atomic mass is 9.77. The van der Waals surface area contributed by atoms with Crippen molar-refractivity contribution in [2.45, 2.75) is 38.2 Å². The zero-order valence-corrected chi connectivity index (χ0v) is 11.7. The van der Waals surface area contributed by atoms with E-state index in [2.05, 4.69) is 0 Å². The van der Waals surface area contributed by atoms with Gasteiger partial charge in [-0.3, -0.25) is 4.79 Å². The van der Waals surface area contributed by atoms with Crippen molar-refractivity contribution < 1.29 is 19.4 Å². The smallest absolute Gasteiger partial charge is 0.132 e. The van der Waals surface area contributed by atoms with Crippen LogP contribution >= 0.6 is 0 Å². The molecule has 1 aromatic carbocycles. The fourth-order valence-corrected chi connectivity index (χ4v) is 2.89. The van der Waals surface area contributed by atoms with Crippen molar-refractivity contribution in [1.29, 1.82) is 0 Å². The van der Waals surface area contributed by atoms with E-state index in [4.69, 9.17) is 9.47 Å². The van der Waals surface area contributed by atoms with Gasteiger partial charge in [-0.15, -0.1) is 0 Å². The Bertz CT molecular complexity index is 495. The zero-order chi connectivity index (χ0) is 14.0. The summed E-state index contributed by atoms with van der Waals surface area (Å²) in [4.78, 5) is 11.3. The number of methoxy groups -OCH3 is 2. The number of benzene rings is 1. The van der Waals surface area contributed by atoms with Gasteiger partial charge >= 0.3 is 0 Å². The number of carbonyl (C=O) groups excluding carboxylic acids is 1. The van der Waals surface area contributed by atoms with Gasteiger partial charge in [0, 0.05) is 24.0 Å². The summed E-state index contributed by atoms with van der Waals surface area (Å²) < 4.78 is 10.7. The summed E-state index contributed by atoms with van der Waals surface area (Å²) in [5.74, 6) is 1.57. The van der Waals surface area contributed by atoms with Crippen LogP contribution in [0.25, 0.3) is 0 Å². The molecule has 104 valence electrons. The maximum atomic E-state index is 11.3. The second-order valence-corrected chi connectivity index (χ2v) is 5.21. The normalized spacial score (nSPS) is 21.7. The van der Waals surface area contributed by atoms with Gasteiger partial charge in [0.2, 0.25) is 0 Å². The Morgan fingerprint density at radius 1 is 1.26 bits per heavy atom. The molecule has 0 saturated carbocycles. The fraction of sp³-hybridized carbons (Fsp3) is 0.533. The van der Waals surface area contributed by atoms with Crippen LogP contribution in [-0.4, -0.2) is 30.7 Å². The molecular formula is C15H20O4. The highest BCUT2D eigenvalue weighted by atomic mass is 16.5. The van der Waals surface area contributed by atoms with Gasteiger partial charge in [-0.1, -0.05) is 0 Å². The minimum atomic E-state index is -0.960. The van der Waals surface area contributed by atoms with E-state index in [-0.39, 0.29) is 12.2 Å². The molecule has 1 aliphatic carbocycles. The molecule has 0 aliphatic heterocycles. The molecule has 19 heavy (non-hydrogen) atoms. The van der Waals surface area contributed by atoms with Gasteiger partial charge < -0.3 is 14.6 Å². The SMILES string of the molecule is COc1ccc(OC)c2c1CC[C@@](O)(CC(C)=O)C2. The molecule has 0 heterocycles. The molecule has 0 radical (unpaired) electrons. The average molecular weight is 264 g/mol. The molecule has 0 unspecified atom stereocenters. The molecular weight excluding hydrogens is 244 g/mol. The number of Topliss-reactive ketones (excluding diaryl/α,β-unsaturated/α-hetero) is 1. The van der Waals surface area contributed by atoms with E-state index in [9.17, 15) is 9.90 Å². The summed E-state index contributed by atoms with van der Waals surface area (Å²) >= 11 is 0. The van der Waals surface area contributed by atoms with E-state index >= 15 is 0 Å². The first-order valence-electron chi connectivity index (χ1n) is 6.43. The van der Waals surface area contributed by atoms with Crippen LogP contribution < -0.4 is 9.47 Å². The minimum Gasteiger partial charge on any atom is -0.496 e. The third-order valence-electron chi connectivity index (χ3n) is 3.71. The topological polar surface area (TPSA) is 55.8 Å². The van der Waals surface area contributed by atoms with Crippen LogP contribution in [0.1, 0.15) is 30.9 Å². The summed E-state index contributed by atoms with van der Waals surface area (Å²) in [6.07, 6.45) is 1.89. The summed E-state index contributed by atoms with van der Waals surface area (Å²) in [6.45, 7) is 1.51. The molecule has 0 bridgehead atoms. The standard InChI is InChI=1S/C15H20O4/c1-10(16)8-15(17)7-6-11-12(9-15)14(19-3)5-4-13(11)18-2/h4-5,17H,6-9H2,1-3H3/t15-/m1/s1. The van der Waals surface area contributed by atoms with E-state index in [1.165, 1.54) is 6.92 Å². The highest BCUT2D eigenvalue weighted by Gasteiger charge is 2.36. The first-order chi connectivity index (χ1) is 8.99. The Hall–Kier alpha value is -1.55. The van der Waals surface area contributed by atoms with Crippen LogP contribution in [0.3, 0.4) is 0 Å². The molecule has 0 amide bonds. The monoisotopic (exact) mass is 264 g/mol. The first-order valence-corrected chi connectivity index (χ1v) is 6.43. The Morgan fingerprint density at radius 3 is 2.37 bits per heavy atom. The lowest BCUT2D eigenvalue weighted by Crippen LogP contribution is -2.37. The van der Waals surface area contributed by atoms with Crippen LogP contribution in [0.5, 0.6) is 11.5 Å². The van der Waals surface area contributed by atoms with E-state index in [0.717, 1.165) is 22.6 Å². The highest BCUT2D eigenvalue weighted by molar-refractivity contribution is 5.76. The van der Waals surface area contributed by atoms with E-state index in [1.54, 1.807) is 14.2 Å². The van der Waals surface area contributed by atoms with Crippen molar-refractivity contribution in [2.75, 3.05) is 14.2 Å². The molecule has 0 aromatic heterocycles. The Kier molecular flexibility index (Phi) is 3.80. The summed E-state index contributed by atoms with van der Waals surface area (Å²) in [7, 11) is 3.25. The van der Waals surface area contributed by atoms with Gasteiger partial charge in [0.05, 0.1) is 19.8 Å². The van der Waals surface area contributed by atoms with E-state index in [0.29, 0.717) is 19.3 Å². The summed E-state index contributed by atoms with van der Waals surface area (Å²) in [6, 6.07) is 3.73. The van der Waals surface area contributed by atoms with Crippen molar-refractivity contribution in [2.24, 2.45) is 0 Å². The van der Waals surface area contributed by atoms with Crippen LogP contribution in [0, 0.1) is 0 Å². The number of hydrogen-bond donors (Lipinski definition) is 1. The fourth-order valence-electron chi connectivity index (χ4n) is 2.89. The van der Waals surface area contributed by atoms with E-state index in [1.807, 2.05) is 12.1 Å². The summed E-state index contributed by atoms with van der Waals surface area (Å²) in [5.41, 5.74) is 1.07. The number of carbonyl (C=O) groups is 1. The quantitative estimate of drug-likeness (QED) is 0.902. The van der Waals surface area contributed by atoms with Crippen molar-refractivity contribution >= 4 is 5.78 Å². The molecule has 4 nitrogen and oxygen atoms in total. The maximum absolute atomic E-state index is 11.3. The Labute approximate surface area is 113 Å². The largest absolute Gasteiger partial charge is 0.496 e. The van der Waals surface area contributed by atoms with Gasteiger partial charge in [0.15, 0.2) is 0 Å². The Balaban J connectivity index is 2.40. The number of hydrogen-bond acceptors (Lipinski definition) is 4. The first kappa shape index (κ1) is 13.9. The second-order valence-electron chi connectivity index (χ2n) is 5.21. The predicted octanol–water partition coefficient (Wildman–Crippen LogP) is 1.90. The van der Waals surface area contributed by atoms with Crippen LogP contribution in [0.15, 0.2) is 12.1 Å². The van der Waals surface area contributed by atoms with Gasteiger partial charge in [0.25, 0.3) is 0 Å². The molecule has 1 aromatic rings. The predicted molar refractivity (Wildman–Crippen MR) is 71.8 cm³/mol. The maximum Gasteiger partial charge on any atom is 0.132 e. The van der Waals surface area contributed by atoms with Crippen molar-refractivity contribution in [3.63, 3.8) is 0 Å². The zero-order valence-electron chi connectivity index (χ0n) is 11.7. The third-order valence-corrected chi connectivity index (χ3v) is 3.71. The minimum absolute atomic E-state index is 0.00723. The molecule has 0 saturated heterocycles. The molecule has 0 fully saturated rings. The van der Waals surface area contributed by atoms with E-state index < -0.39 is 5.60 Å². The van der Waals surface area contributed by atoms with Gasteiger partial charge in [-0.25, -0.2) is 0 Å². The lowest BCUT2D eigenvalue weighted by molar-refractivity contribution is -0.122. The molecule has 4 heteroatoms. The average Bonchev–Trinajstić information content (AvgIpc) is 2.35. The van der Waals surface area contributed by atoms with Crippen molar-refractivity contribution in [1.82, 2.24) is 0 Å². The van der Waals surface area contributed by atoms with Gasteiger partial charge in [0.1, 0.15) is 17.3 Å². The molecule has 1 atom stereocenters. The number of ether oxygens (including phenoxy) is 2. The van der Waals surface area contributed by atoms with Crippen LogP contribution in [0.4, 0.5) is 0 Å². The molecule has 2 rings (SSSR count). The van der Waals surface area contributed by atoms with Gasteiger partial charge in [-0.05, 0) is 31.9 Å². The molecule has 1 N–H and O–H groups in total. The van der Waals surface area contributed by atoms with Crippen molar-refractivity contribution in [3.05, 3.63) is 23.3 Å². The van der Waals surface area contributed by atoms with Crippen LogP contribution in [-0.2, 0) is 17.6 Å². The van der Waals surface area contributed by atoms with Crippen molar-refractivity contribution in [3.8, 4) is 11.5 Å². The number of ketones is 1.